The highest BCUT2D eigenvalue weighted by atomic mass is 35.5. The van der Waals surface area contributed by atoms with Crippen LogP contribution in [0.5, 0.6) is 0 Å². The van der Waals surface area contributed by atoms with Crippen LogP contribution in [0.15, 0.2) is 24.3 Å². The van der Waals surface area contributed by atoms with Gasteiger partial charge in [0.1, 0.15) is 0 Å². The standard InChI is InChI=1S/C16H23Cl3/c1-15(2,3)9-6-10-16(11-17,12-18)13-7-4-5-8-14(13)19/h4-5,7-8H,6,9-12H2,1-3H3. The lowest BCUT2D eigenvalue weighted by Gasteiger charge is -2.32. The molecule has 3 heteroatoms. The average molecular weight is 322 g/mol. The molecule has 0 aliphatic rings. The van der Waals surface area contributed by atoms with Gasteiger partial charge in [0.15, 0.2) is 0 Å². The van der Waals surface area contributed by atoms with Crippen molar-refractivity contribution in [1.29, 1.82) is 0 Å². The van der Waals surface area contributed by atoms with Crippen molar-refractivity contribution >= 4 is 34.8 Å². The Morgan fingerprint density at radius 3 is 2.00 bits per heavy atom. The molecule has 0 saturated heterocycles. The molecular weight excluding hydrogens is 299 g/mol. The second-order valence-electron chi connectivity index (χ2n) is 6.44. The summed E-state index contributed by atoms with van der Waals surface area (Å²) >= 11 is 18.8. The van der Waals surface area contributed by atoms with Crippen LogP contribution in [0.1, 0.15) is 45.6 Å². The van der Waals surface area contributed by atoms with Crippen molar-refractivity contribution in [3.63, 3.8) is 0 Å². The normalized spacial score (nSPS) is 12.7. The van der Waals surface area contributed by atoms with E-state index in [1.807, 2.05) is 24.3 Å². The lowest BCUT2D eigenvalue weighted by molar-refractivity contribution is 0.336. The Balaban J connectivity index is 2.89. The molecule has 19 heavy (non-hydrogen) atoms. The number of hydrogen-bond acceptors (Lipinski definition) is 0. The van der Waals surface area contributed by atoms with Gasteiger partial charge in [0.25, 0.3) is 0 Å². The van der Waals surface area contributed by atoms with Crippen molar-refractivity contribution in [3.05, 3.63) is 34.9 Å². The Morgan fingerprint density at radius 1 is 0.947 bits per heavy atom. The van der Waals surface area contributed by atoms with Gasteiger partial charge in [0, 0.05) is 22.2 Å². The first-order valence-electron chi connectivity index (χ1n) is 6.72. The lowest BCUT2D eigenvalue weighted by Crippen LogP contribution is -2.31. The molecule has 1 aromatic rings. The highest BCUT2D eigenvalue weighted by molar-refractivity contribution is 6.32. The fraction of sp³-hybridized carbons (Fsp3) is 0.625. The molecule has 1 rings (SSSR count). The maximum Gasteiger partial charge on any atom is 0.0444 e. The van der Waals surface area contributed by atoms with Crippen molar-refractivity contribution in [3.8, 4) is 0 Å². The molecule has 0 radical (unpaired) electrons. The van der Waals surface area contributed by atoms with Crippen molar-refractivity contribution < 1.29 is 0 Å². The average Bonchev–Trinajstić information content (AvgIpc) is 2.35. The van der Waals surface area contributed by atoms with Gasteiger partial charge in [-0.2, -0.15) is 0 Å². The van der Waals surface area contributed by atoms with Crippen LogP contribution in [0.2, 0.25) is 5.02 Å². The number of rotatable bonds is 6. The molecule has 108 valence electrons. The first kappa shape index (κ1) is 17.1. The van der Waals surface area contributed by atoms with Crippen LogP contribution in [0, 0.1) is 5.41 Å². The predicted octanol–water partition coefficient (Wildman–Crippen LogP) is 6.27. The second kappa shape index (κ2) is 7.20. The maximum atomic E-state index is 6.32. The summed E-state index contributed by atoms with van der Waals surface area (Å²) in [6, 6.07) is 7.89. The summed E-state index contributed by atoms with van der Waals surface area (Å²) in [4.78, 5) is 0. The van der Waals surface area contributed by atoms with E-state index in [0.29, 0.717) is 17.2 Å². The topological polar surface area (TPSA) is 0 Å². The molecule has 0 aromatic heterocycles. The quantitative estimate of drug-likeness (QED) is 0.541. The molecule has 0 spiro atoms. The van der Waals surface area contributed by atoms with Crippen molar-refractivity contribution in [1.82, 2.24) is 0 Å². The van der Waals surface area contributed by atoms with Gasteiger partial charge in [-0.1, -0.05) is 57.0 Å². The van der Waals surface area contributed by atoms with Crippen LogP contribution >= 0.6 is 34.8 Å². The van der Waals surface area contributed by atoms with Crippen LogP contribution in [0.3, 0.4) is 0 Å². The first-order chi connectivity index (χ1) is 8.84. The monoisotopic (exact) mass is 320 g/mol. The Morgan fingerprint density at radius 2 is 1.53 bits per heavy atom. The van der Waals surface area contributed by atoms with E-state index in [0.717, 1.165) is 29.8 Å². The summed E-state index contributed by atoms with van der Waals surface area (Å²) in [5.41, 5.74) is 1.20. The molecule has 0 saturated carbocycles. The molecule has 0 atom stereocenters. The van der Waals surface area contributed by atoms with Gasteiger partial charge >= 0.3 is 0 Å². The third-order valence-electron chi connectivity index (χ3n) is 3.54. The Hall–Kier alpha value is 0.0900. The maximum absolute atomic E-state index is 6.32. The minimum absolute atomic E-state index is 0.216. The van der Waals surface area contributed by atoms with Crippen molar-refractivity contribution in [2.45, 2.75) is 45.4 Å². The zero-order chi connectivity index (χ0) is 14.5. The summed E-state index contributed by atoms with van der Waals surface area (Å²) in [7, 11) is 0. The third kappa shape index (κ3) is 4.85. The van der Waals surface area contributed by atoms with E-state index in [-0.39, 0.29) is 5.41 Å². The third-order valence-corrected chi connectivity index (χ3v) is 4.89. The van der Waals surface area contributed by atoms with Crippen LogP contribution in [-0.4, -0.2) is 11.8 Å². The molecule has 0 aliphatic heterocycles. The van der Waals surface area contributed by atoms with Gasteiger partial charge in [-0.15, -0.1) is 23.2 Å². The van der Waals surface area contributed by atoms with Crippen LogP contribution in [0.4, 0.5) is 0 Å². The lowest BCUT2D eigenvalue weighted by atomic mass is 9.77. The molecule has 0 nitrogen and oxygen atoms in total. The molecule has 0 aliphatic carbocycles. The van der Waals surface area contributed by atoms with Gasteiger partial charge < -0.3 is 0 Å². The van der Waals surface area contributed by atoms with E-state index in [9.17, 15) is 0 Å². The van der Waals surface area contributed by atoms with E-state index in [1.165, 1.54) is 0 Å². The molecule has 0 heterocycles. The van der Waals surface area contributed by atoms with E-state index in [2.05, 4.69) is 20.8 Å². The van der Waals surface area contributed by atoms with E-state index in [4.69, 9.17) is 34.8 Å². The summed E-state index contributed by atoms with van der Waals surface area (Å²) in [6.07, 6.45) is 3.24. The molecule has 0 bridgehead atoms. The Kier molecular flexibility index (Phi) is 6.50. The smallest absolute Gasteiger partial charge is 0.0444 e. The van der Waals surface area contributed by atoms with Gasteiger partial charge in [-0.05, 0) is 29.9 Å². The zero-order valence-electron chi connectivity index (χ0n) is 12.0. The Bertz CT molecular complexity index is 389. The van der Waals surface area contributed by atoms with Crippen LogP contribution in [0.25, 0.3) is 0 Å². The molecule has 0 fully saturated rings. The van der Waals surface area contributed by atoms with Crippen molar-refractivity contribution in [2.75, 3.05) is 11.8 Å². The van der Waals surface area contributed by atoms with Crippen LogP contribution < -0.4 is 0 Å². The van der Waals surface area contributed by atoms with Gasteiger partial charge in [0.2, 0.25) is 0 Å². The largest absolute Gasteiger partial charge is 0.126 e. The van der Waals surface area contributed by atoms with E-state index >= 15 is 0 Å². The minimum Gasteiger partial charge on any atom is -0.126 e. The number of halogens is 3. The fourth-order valence-corrected chi connectivity index (χ4v) is 3.47. The summed E-state index contributed by atoms with van der Waals surface area (Å²) in [5.74, 6) is 1.01. The number of benzene rings is 1. The molecular formula is C16H23Cl3. The SMILES string of the molecule is CC(C)(C)CCCC(CCl)(CCl)c1ccccc1Cl. The van der Waals surface area contributed by atoms with Crippen molar-refractivity contribution in [2.24, 2.45) is 5.41 Å². The second-order valence-corrected chi connectivity index (χ2v) is 7.38. The first-order valence-corrected chi connectivity index (χ1v) is 8.16. The molecule has 1 aromatic carbocycles. The molecule has 0 N–H and O–H groups in total. The molecule has 0 unspecified atom stereocenters. The number of alkyl halides is 2. The zero-order valence-corrected chi connectivity index (χ0v) is 14.2. The van der Waals surface area contributed by atoms with E-state index in [1.54, 1.807) is 0 Å². The Labute approximate surface area is 132 Å². The summed E-state index contributed by atoms with van der Waals surface area (Å²) < 4.78 is 0. The van der Waals surface area contributed by atoms with Crippen LogP contribution in [-0.2, 0) is 5.41 Å². The molecule has 0 amide bonds. The highest BCUT2D eigenvalue weighted by Crippen LogP contribution is 2.38. The predicted molar refractivity (Wildman–Crippen MR) is 87.9 cm³/mol. The van der Waals surface area contributed by atoms with E-state index < -0.39 is 0 Å². The minimum atomic E-state index is -0.216. The summed E-state index contributed by atoms with van der Waals surface area (Å²) in [5, 5.41) is 0.763. The van der Waals surface area contributed by atoms with Gasteiger partial charge in [-0.25, -0.2) is 0 Å². The number of hydrogen-bond donors (Lipinski definition) is 0. The fourth-order valence-electron chi connectivity index (χ4n) is 2.30. The summed E-state index contributed by atoms with van der Waals surface area (Å²) in [6.45, 7) is 6.77. The van der Waals surface area contributed by atoms with Gasteiger partial charge in [-0.3, -0.25) is 0 Å². The van der Waals surface area contributed by atoms with Gasteiger partial charge in [0.05, 0.1) is 0 Å². The highest BCUT2D eigenvalue weighted by Gasteiger charge is 2.32.